The molecule has 0 aliphatic heterocycles. The Morgan fingerprint density at radius 2 is 1.80 bits per heavy atom. The summed E-state index contributed by atoms with van der Waals surface area (Å²) < 4.78 is 14.4. The zero-order valence-corrected chi connectivity index (χ0v) is 12.3. The van der Waals surface area contributed by atoms with Gasteiger partial charge in [0.1, 0.15) is 5.82 Å². The van der Waals surface area contributed by atoms with Crippen LogP contribution in [-0.4, -0.2) is 5.91 Å². The van der Waals surface area contributed by atoms with Crippen molar-refractivity contribution >= 4 is 27.5 Å². The molecule has 0 unspecified atom stereocenters. The van der Waals surface area contributed by atoms with Gasteiger partial charge in [-0.05, 0) is 42.2 Å². The van der Waals surface area contributed by atoms with Crippen molar-refractivity contribution in [2.24, 2.45) is 5.92 Å². The van der Waals surface area contributed by atoms with Gasteiger partial charge in [0.2, 0.25) is 5.91 Å². The minimum absolute atomic E-state index is 0.115. The predicted molar refractivity (Wildman–Crippen MR) is 80.1 cm³/mol. The van der Waals surface area contributed by atoms with E-state index in [1.165, 1.54) is 17.2 Å². The van der Waals surface area contributed by atoms with Crippen molar-refractivity contribution in [3.8, 4) is 0 Å². The number of hydrogen-bond donors (Lipinski definition) is 1. The van der Waals surface area contributed by atoms with Crippen LogP contribution in [0.5, 0.6) is 0 Å². The normalized spacial score (nSPS) is 14.1. The Kier molecular flexibility index (Phi) is 3.57. The van der Waals surface area contributed by atoms with Gasteiger partial charge in [-0.2, -0.15) is 0 Å². The topological polar surface area (TPSA) is 29.1 Å². The number of fused-ring (bicyclic) bond motifs is 1. The van der Waals surface area contributed by atoms with Crippen molar-refractivity contribution < 1.29 is 9.18 Å². The van der Waals surface area contributed by atoms with Crippen LogP contribution >= 0.6 is 15.9 Å². The van der Waals surface area contributed by atoms with Crippen molar-refractivity contribution in [2.75, 3.05) is 5.32 Å². The van der Waals surface area contributed by atoms with Gasteiger partial charge in [-0.3, -0.25) is 4.79 Å². The molecule has 0 aromatic heterocycles. The summed E-state index contributed by atoms with van der Waals surface area (Å²) in [4.78, 5) is 12.2. The third kappa shape index (κ3) is 2.61. The minimum Gasteiger partial charge on any atom is -0.323 e. The van der Waals surface area contributed by atoms with Crippen LogP contribution in [0.4, 0.5) is 10.1 Å². The zero-order valence-electron chi connectivity index (χ0n) is 10.7. The molecule has 102 valence electrons. The monoisotopic (exact) mass is 333 g/mol. The maximum absolute atomic E-state index is 13.7. The van der Waals surface area contributed by atoms with E-state index in [1.807, 2.05) is 24.3 Å². The van der Waals surface area contributed by atoms with Crippen LogP contribution in [0.3, 0.4) is 0 Å². The molecule has 2 aromatic rings. The highest BCUT2D eigenvalue weighted by Crippen LogP contribution is 2.28. The van der Waals surface area contributed by atoms with Gasteiger partial charge >= 0.3 is 0 Å². The second-order valence-electron chi connectivity index (χ2n) is 4.99. The van der Waals surface area contributed by atoms with Gasteiger partial charge < -0.3 is 5.32 Å². The van der Waals surface area contributed by atoms with Gasteiger partial charge in [0.25, 0.3) is 0 Å². The number of anilines is 1. The quantitative estimate of drug-likeness (QED) is 0.886. The summed E-state index contributed by atoms with van der Waals surface area (Å²) >= 11 is 3.20. The average molecular weight is 334 g/mol. The van der Waals surface area contributed by atoms with Gasteiger partial charge in [0, 0.05) is 10.4 Å². The first kappa shape index (κ1) is 13.3. The molecular formula is C16H13BrFNO. The van der Waals surface area contributed by atoms with E-state index in [4.69, 9.17) is 0 Å². The number of halogens is 2. The largest absolute Gasteiger partial charge is 0.323 e. The zero-order chi connectivity index (χ0) is 14.1. The molecule has 1 amide bonds. The van der Waals surface area contributed by atoms with Gasteiger partial charge in [0.15, 0.2) is 0 Å². The molecule has 0 fully saturated rings. The molecule has 0 bridgehead atoms. The Morgan fingerprint density at radius 1 is 1.15 bits per heavy atom. The van der Waals surface area contributed by atoms with E-state index in [2.05, 4.69) is 21.2 Å². The van der Waals surface area contributed by atoms with E-state index in [9.17, 15) is 9.18 Å². The Hall–Kier alpha value is -1.68. The molecule has 0 saturated carbocycles. The fourth-order valence-corrected chi connectivity index (χ4v) is 2.90. The van der Waals surface area contributed by atoms with E-state index >= 15 is 0 Å². The number of carbonyl (C=O) groups excluding carboxylic acids is 1. The van der Waals surface area contributed by atoms with Crippen LogP contribution in [0, 0.1) is 11.7 Å². The lowest BCUT2D eigenvalue weighted by molar-refractivity contribution is -0.119. The smallest absolute Gasteiger partial charge is 0.228 e. The summed E-state index contributed by atoms with van der Waals surface area (Å²) in [7, 11) is 0. The van der Waals surface area contributed by atoms with Crippen LogP contribution in [0.25, 0.3) is 0 Å². The number of nitrogens with one attached hydrogen (secondary N) is 1. The number of benzene rings is 2. The molecule has 4 heteroatoms. The van der Waals surface area contributed by atoms with Gasteiger partial charge in [0.05, 0.1) is 5.69 Å². The van der Waals surface area contributed by atoms with Gasteiger partial charge in [-0.25, -0.2) is 4.39 Å². The molecule has 3 rings (SSSR count). The minimum atomic E-state index is -0.428. The van der Waals surface area contributed by atoms with E-state index < -0.39 is 5.82 Å². The van der Waals surface area contributed by atoms with Gasteiger partial charge in [-0.15, -0.1) is 0 Å². The molecule has 1 aliphatic carbocycles. The van der Waals surface area contributed by atoms with E-state index in [0.29, 0.717) is 4.47 Å². The van der Waals surface area contributed by atoms with Crippen LogP contribution in [0.2, 0.25) is 0 Å². The lowest BCUT2D eigenvalue weighted by Gasteiger charge is -2.11. The number of carbonyl (C=O) groups is 1. The molecule has 2 nitrogen and oxygen atoms in total. The fraction of sp³-hybridized carbons (Fsp3) is 0.188. The highest BCUT2D eigenvalue weighted by atomic mass is 79.9. The number of amides is 1. The molecule has 0 spiro atoms. The van der Waals surface area contributed by atoms with Crippen molar-refractivity contribution in [1.82, 2.24) is 0 Å². The number of hydrogen-bond acceptors (Lipinski definition) is 1. The third-order valence-electron chi connectivity index (χ3n) is 3.61. The first-order chi connectivity index (χ1) is 9.63. The molecule has 0 radical (unpaired) electrons. The fourth-order valence-electron chi connectivity index (χ4n) is 2.57. The number of rotatable bonds is 2. The molecule has 20 heavy (non-hydrogen) atoms. The molecule has 0 atom stereocenters. The first-order valence-electron chi connectivity index (χ1n) is 6.46. The lowest BCUT2D eigenvalue weighted by Crippen LogP contribution is -2.23. The highest BCUT2D eigenvalue weighted by Gasteiger charge is 2.27. The van der Waals surface area contributed by atoms with Crippen molar-refractivity contribution in [2.45, 2.75) is 12.8 Å². The molecule has 0 heterocycles. The summed E-state index contributed by atoms with van der Waals surface area (Å²) in [5.41, 5.74) is 2.65. The van der Waals surface area contributed by atoms with E-state index in [-0.39, 0.29) is 17.5 Å². The molecule has 0 saturated heterocycles. The third-order valence-corrected chi connectivity index (χ3v) is 4.10. The maximum atomic E-state index is 13.7. The average Bonchev–Trinajstić information content (AvgIpc) is 2.86. The van der Waals surface area contributed by atoms with Crippen molar-refractivity contribution in [1.29, 1.82) is 0 Å². The van der Waals surface area contributed by atoms with Crippen molar-refractivity contribution in [3.63, 3.8) is 0 Å². The maximum Gasteiger partial charge on any atom is 0.228 e. The lowest BCUT2D eigenvalue weighted by atomic mass is 10.1. The van der Waals surface area contributed by atoms with E-state index in [1.54, 1.807) is 12.1 Å². The molecule has 1 N–H and O–H groups in total. The van der Waals surface area contributed by atoms with Crippen LogP contribution in [-0.2, 0) is 17.6 Å². The summed E-state index contributed by atoms with van der Waals surface area (Å²) in [5, 5.41) is 2.68. The van der Waals surface area contributed by atoms with Gasteiger partial charge in [-0.1, -0.05) is 40.2 Å². The summed E-state index contributed by atoms with van der Waals surface area (Å²) in [5.74, 6) is -0.666. The Morgan fingerprint density at radius 3 is 2.40 bits per heavy atom. The summed E-state index contributed by atoms with van der Waals surface area (Å²) in [6.07, 6.45) is 1.44. The summed E-state index contributed by atoms with van der Waals surface area (Å²) in [6.45, 7) is 0. The highest BCUT2D eigenvalue weighted by molar-refractivity contribution is 9.10. The van der Waals surface area contributed by atoms with Crippen LogP contribution < -0.4 is 5.32 Å². The second-order valence-corrected chi connectivity index (χ2v) is 5.90. The van der Waals surface area contributed by atoms with Crippen LogP contribution in [0.1, 0.15) is 11.1 Å². The molecular weight excluding hydrogens is 321 g/mol. The van der Waals surface area contributed by atoms with E-state index in [0.717, 1.165) is 12.8 Å². The summed E-state index contributed by atoms with van der Waals surface area (Å²) in [6, 6.07) is 12.7. The standard InChI is InChI=1S/C16H13BrFNO/c17-13-5-6-15(14(18)9-13)19-16(20)12-7-10-3-1-2-4-11(10)8-12/h1-6,9,12H,7-8H2,(H,19,20). The molecule has 2 aromatic carbocycles. The Bertz CT molecular complexity index is 646. The molecule has 1 aliphatic rings. The Balaban J connectivity index is 1.72. The van der Waals surface area contributed by atoms with Crippen molar-refractivity contribution in [3.05, 3.63) is 63.9 Å². The second kappa shape index (κ2) is 5.37. The predicted octanol–water partition coefficient (Wildman–Crippen LogP) is 3.94. The van der Waals surface area contributed by atoms with Crippen LogP contribution in [0.15, 0.2) is 46.9 Å². The SMILES string of the molecule is O=C(Nc1ccc(Br)cc1F)C1Cc2ccccc2C1. The first-order valence-corrected chi connectivity index (χ1v) is 7.25. The Labute approximate surface area is 125 Å².